The summed E-state index contributed by atoms with van der Waals surface area (Å²) >= 11 is 1.65. The highest BCUT2D eigenvalue weighted by atomic mass is 35.5. The van der Waals surface area contributed by atoms with Crippen molar-refractivity contribution in [3.05, 3.63) is 0 Å². The first-order chi connectivity index (χ1) is 8.72. The van der Waals surface area contributed by atoms with Gasteiger partial charge in [0.25, 0.3) is 0 Å². The third-order valence-corrected chi connectivity index (χ3v) is 4.46. The molecule has 0 radical (unpaired) electrons. The number of thioether (sulfide) groups is 1. The lowest BCUT2D eigenvalue weighted by molar-refractivity contribution is -0.138. The van der Waals surface area contributed by atoms with E-state index < -0.39 is 0 Å². The van der Waals surface area contributed by atoms with E-state index in [0.29, 0.717) is 12.3 Å². The van der Waals surface area contributed by atoms with Crippen LogP contribution in [0.25, 0.3) is 0 Å². The molecule has 2 saturated heterocycles. The van der Waals surface area contributed by atoms with Crippen molar-refractivity contribution in [2.75, 3.05) is 24.7 Å². The van der Waals surface area contributed by atoms with Crippen molar-refractivity contribution in [2.45, 2.75) is 38.3 Å². The van der Waals surface area contributed by atoms with Gasteiger partial charge in [-0.15, -0.1) is 24.2 Å². The second kappa shape index (κ2) is 7.97. The molecule has 0 spiro atoms. The largest absolute Gasteiger partial charge is 0.350 e. The Morgan fingerprint density at radius 2 is 2.26 bits per heavy atom. The Morgan fingerprint density at radius 1 is 1.47 bits per heavy atom. The predicted octanol–water partition coefficient (Wildman–Crippen LogP) is 0.588. The third-order valence-electron chi connectivity index (χ3n) is 3.45. The first-order valence-electron chi connectivity index (χ1n) is 6.60. The summed E-state index contributed by atoms with van der Waals surface area (Å²) < 4.78 is 0. The Labute approximate surface area is 124 Å². The SMILES string of the molecule is CCC(=O)N1CSCC1C(=O)NC1CCCNC1.Cl. The van der Waals surface area contributed by atoms with Gasteiger partial charge >= 0.3 is 0 Å². The zero-order valence-corrected chi connectivity index (χ0v) is 12.8. The van der Waals surface area contributed by atoms with Gasteiger partial charge in [0.05, 0.1) is 5.88 Å². The first kappa shape index (κ1) is 16.6. The van der Waals surface area contributed by atoms with Gasteiger partial charge in [-0.1, -0.05) is 6.92 Å². The Kier molecular flexibility index (Phi) is 6.96. The van der Waals surface area contributed by atoms with E-state index in [1.165, 1.54) is 0 Å². The fourth-order valence-electron chi connectivity index (χ4n) is 2.38. The molecule has 0 aliphatic carbocycles. The van der Waals surface area contributed by atoms with Crippen LogP contribution >= 0.6 is 24.2 Å². The molecule has 2 fully saturated rings. The molecule has 0 aromatic rings. The summed E-state index contributed by atoms with van der Waals surface area (Å²) in [4.78, 5) is 25.6. The average molecular weight is 308 g/mol. The van der Waals surface area contributed by atoms with Crippen LogP contribution in [-0.2, 0) is 9.59 Å². The van der Waals surface area contributed by atoms with Gasteiger partial charge < -0.3 is 15.5 Å². The summed E-state index contributed by atoms with van der Waals surface area (Å²) in [5.41, 5.74) is 0. The summed E-state index contributed by atoms with van der Waals surface area (Å²) in [7, 11) is 0. The van der Waals surface area contributed by atoms with Crippen LogP contribution < -0.4 is 10.6 Å². The average Bonchev–Trinajstić information content (AvgIpc) is 2.88. The van der Waals surface area contributed by atoms with Crippen LogP contribution in [0.2, 0.25) is 0 Å². The molecule has 2 aliphatic heterocycles. The molecular weight excluding hydrogens is 286 g/mol. The van der Waals surface area contributed by atoms with Gasteiger partial charge in [-0.2, -0.15) is 0 Å². The van der Waals surface area contributed by atoms with Crippen LogP contribution in [0.4, 0.5) is 0 Å². The number of hydrogen-bond donors (Lipinski definition) is 2. The number of nitrogens with one attached hydrogen (secondary N) is 2. The Balaban J connectivity index is 0.00000180. The Bertz CT molecular complexity index is 324. The normalized spacial score (nSPS) is 26.7. The number of hydrogen-bond acceptors (Lipinski definition) is 4. The molecule has 2 rings (SSSR count). The van der Waals surface area contributed by atoms with E-state index in [9.17, 15) is 9.59 Å². The highest BCUT2D eigenvalue weighted by molar-refractivity contribution is 7.99. The molecule has 2 unspecified atom stereocenters. The monoisotopic (exact) mass is 307 g/mol. The summed E-state index contributed by atoms with van der Waals surface area (Å²) in [5, 5.41) is 6.34. The molecule has 0 aromatic carbocycles. The van der Waals surface area contributed by atoms with Gasteiger partial charge in [-0.3, -0.25) is 9.59 Å². The van der Waals surface area contributed by atoms with E-state index in [4.69, 9.17) is 0 Å². The van der Waals surface area contributed by atoms with E-state index in [1.807, 2.05) is 6.92 Å². The van der Waals surface area contributed by atoms with Gasteiger partial charge in [-0.05, 0) is 19.4 Å². The molecule has 0 aromatic heterocycles. The highest BCUT2D eigenvalue weighted by Gasteiger charge is 2.34. The molecule has 110 valence electrons. The van der Waals surface area contributed by atoms with Gasteiger partial charge in [0.2, 0.25) is 11.8 Å². The van der Waals surface area contributed by atoms with E-state index in [2.05, 4.69) is 10.6 Å². The number of halogens is 1. The summed E-state index contributed by atoms with van der Waals surface area (Å²) in [6, 6.07) is -0.0557. The van der Waals surface area contributed by atoms with E-state index in [0.717, 1.165) is 31.7 Å². The van der Waals surface area contributed by atoms with Gasteiger partial charge in [0, 0.05) is 24.8 Å². The number of amides is 2. The van der Waals surface area contributed by atoms with E-state index in [1.54, 1.807) is 16.7 Å². The van der Waals surface area contributed by atoms with Crippen molar-refractivity contribution in [3.63, 3.8) is 0 Å². The molecular formula is C12H22ClN3O2S. The zero-order chi connectivity index (χ0) is 13.0. The van der Waals surface area contributed by atoms with Crippen LogP contribution in [0.5, 0.6) is 0 Å². The third kappa shape index (κ3) is 4.26. The first-order valence-corrected chi connectivity index (χ1v) is 7.76. The summed E-state index contributed by atoms with van der Waals surface area (Å²) in [5.74, 6) is 1.45. The number of carbonyl (C=O) groups excluding carboxylic acids is 2. The van der Waals surface area contributed by atoms with Crippen molar-refractivity contribution in [1.29, 1.82) is 0 Å². The molecule has 2 atom stereocenters. The van der Waals surface area contributed by atoms with Gasteiger partial charge in [0.1, 0.15) is 6.04 Å². The summed E-state index contributed by atoms with van der Waals surface area (Å²) in [6.07, 6.45) is 2.59. The molecule has 5 nitrogen and oxygen atoms in total. The van der Waals surface area contributed by atoms with Gasteiger partial charge in [-0.25, -0.2) is 0 Å². The minimum absolute atomic E-state index is 0. The molecule has 19 heavy (non-hydrogen) atoms. The second-order valence-electron chi connectivity index (χ2n) is 4.78. The number of piperidine rings is 1. The second-order valence-corrected chi connectivity index (χ2v) is 5.78. The maximum atomic E-state index is 12.2. The lowest BCUT2D eigenvalue weighted by atomic mass is 10.1. The van der Waals surface area contributed by atoms with Crippen LogP contribution in [0.1, 0.15) is 26.2 Å². The predicted molar refractivity (Wildman–Crippen MR) is 79.5 cm³/mol. The van der Waals surface area contributed by atoms with Crippen LogP contribution in [0.3, 0.4) is 0 Å². The van der Waals surface area contributed by atoms with Crippen molar-refractivity contribution in [1.82, 2.24) is 15.5 Å². The minimum Gasteiger partial charge on any atom is -0.350 e. The van der Waals surface area contributed by atoms with Crippen LogP contribution in [0, 0.1) is 0 Å². The van der Waals surface area contributed by atoms with Crippen LogP contribution in [0.15, 0.2) is 0 Å². The smallest absolute Gasteiger partial charge is 0.243 e. The fourth-order valence-corrected chi connectivity index (χ4v) is 3.56. The quantitative estimate of drug-likeness (QED) is 0.801. The lowest BCUT2D eigenvalue weighted by Gasteiger charge is -2.28. The van der Waals surface area contributed by atoms with Crippen molar-refractivity contribution >= 4 is 36.0 Å². The maximum Gasteiger partial charge on any atom is 0.243 e. The topological polar surface area (TPSA) is 61.4 Å². The lowest BCUT2D eigenvalue weighted by Crippen LogP contribution is -2.53. The van der Waals surface area contributed by atoms with Gasteiger partial charge in [0.15, 0.2) is 0 Å². The van der Waals surface area contributed by atoms with Crippen molar-refractivity contribution < 1.29 is 9.59 Å². The molecule has 0 bridgehead atoms. The van der Waals surface area contributed by atoms with E-state index in [-0.39, 0.29) is 36.3 Å². The zero-order valence-electron chi connectivity index (χ0n) is 11.2. The van der Waals surface area contributed by atoms with Crippen molar-refractivity contribution in [2.24, 2.45) is 0 Å². The number of nitrogens with zero attached hydrogens (tertiary/aromatic N) is 1. The van der Waals surface area contributed by atoms with Crippen LogP contribution in [-0.4, -0.2) is 53.5 Å². The van der Waals surface area contributed by atoms with E-state index >= 15 is 0 Å². The molecule has 2 N–H and O–H groups in total. The molecule has 7 heteroatoms. The number of rotatable bonds is 3. The fraction of sp³-hybridized carbons (Fsp3) is 0.833. The molecule has 2 heterocycles. The van der Waals surface area contributed by atoms with Crippen molar-refractivity contribution in [3.8, 4) is 0 Å². The molecule has 2 aliphatic rings. The highest BCUT2D eigenvalue weighted by Crippen LogP contribution is 2.22. The number of carbonyl (C=O) groups is 2. The Morgan fingerprint density at radius 3 is 2.89 bits per heavy atom. The molecule has 2 amide bonds. The summed E-state index contributed by atoms with van der Waals surface area (Å²) in [6.45, 7) is 3.71. The molecule has 0 saturated carbocycles. The Hall–Kier alpha value is -0.460. The standard InChI is InChI=1S/C12H21N3O2S.ClH/c1-2-11(16)15-8-18-7-10(15)12(17)14-9-4-3-5-13-6-9;/h9-10,13H,2-8H2,1H3,(H,14,17);1H. The maximum absolute atomic E-state index is 12.2. The minimum atomic E-state index is -0.274.